The highest BCUT2D eigenvalue weighted by Gasteiger charge is 2.15. The molecule has 0 aromatic carbocycles. The summed E-state index contributed by atoms with van der Waals surface area (Å²) in [6, 6.07) is 0. The summed E-state index contributed by atoms with van der Waals surface area (Å²) < 4.78 is 0. The smallest absolute Gasteiger partial charge is 0.0306 e. The molecule has 1 aliphatic rings. The highest BCUT2D eigenvalue weighted by Crippen LogP contribution is 2.27. The number of dihydropyridines is 1. The minimum absolute atomic E-state index is 0.226. The van der Waals surface area contributed by atoms with E-state index >= 15 is 0 Å². The molecule has 0 aromatic rings. The summed E-state index contributed by atoms with van der Waals surface area (Å²) in [5, 5.41) is 3.10. The van der Waals surface area contributed by atoms with Crippen molar-refractivity contribution in [3.05, 3.63) is 36.2 Å². The van der Waals surface area contributed by atoms with Crippen LogP contribution in [0.5, 0.6) is 0 Å². The molecule has 13 heavy (non-hydrogen) atoms. The van der Waals surface area contributed by atoms with Gasteiger partial charge in [-0.2, -0.15) is 0 Å². The molecule has 0 unspecified atom stereocenters. The van der Waals surface area contributed by atoms with E-state index in [1.54, 1.807) is 0 Å². The van der Waals surface area contributed by atoms with E-state index in [2.05, 4.69) is 38.7 Å². The van der Waals surface area contributed by atoms with Crippen molar-refractivity contribution >= 4 is 0 Å². The Labute approximate surface area is 82.2 Å². The normalized spacial score (nSPS) is 15.5. The number of allylic oxidation sites excluding steroid dienone is 3. The van der Waals surface area contributed by atoms with Crippen LogP contribution in [-0.2, 0) is 0 Å². The molecule has 0 radical (unpaired) electrons. The SMILES string of the molecule is C=C1C=CC(C(C)(C)C)=CN1.CC. The van der Waals surface area contributed by atoms with Crippen LogP contribution in [0.15, 0.2) is 36.2 Å². The summed E-state index contributed by atoms with van der Waals surface area (Å²) in [5.74, 6) is 0. The van der Waals surface area contributed by atoms with E-state index in [1.807, 2.05) is 26.1 Å². The van der Waals surface area contributed by atoms with E-state index in [0.717, 1.165) is 5.70 Å². The third-order valence-corrected chi connectivity index (χ3v) is 1.74. The van der Waals surface area contributed by atoms with E-state index in [4.69, 9.17) is 0 Å². The highest BCUT2D eigenvalue weighted by atomic mass is 14.8. The molecule has 0 bridgehead atoms. The molecule has 0 saturated heterocycles. The fourth-order valence-electron chi connectivity index (χ4n) is 0.924. The quantitative estimate of drug-likeness (QED) is 0.599. The van der Waals surface area contributed by atoms with Gasteiger partial charge in [-0.05, 0) is 17.1 Å². The molecule has 1 nitrogen and oxygen atoms in total. The van der Waals surface area contributed by atoms with Crippen molar-refractivity contribution in [1.29, 1.82) is 0 Å². The van der Waals surface area contributed by atoms with Crippen LogP contribution in [0.3, 0.4) is 0 Å². The monoisotopic (exact) mass is 179 g/mol. The Morgan fingerprint density at radius 3 is 2.00 bits per heavy atom. The van der Waals surface area contributed by atoms with Crippen molar-refractivity contribution in [2.75, 3.05) is 0 Å². The molecule has 74 valence electrons. The van der Waals surface area contributed by atoms with Crippen molar-refractivity contribution in [1.82, 2.24) is 5.32 Å². The van der Waals surface area contributed by atoms with Crippen molar-refractivity contribution < 1.29 is 0 Å². The molecular weight excluding hydrogens is 158 g/mol. The van der Waals surface area contributed by atoms with E-state index < -0.39 is 0 Å². The van der Waals surface area contributed by atoms with Crippen molar-refractivity contribution in [2.24, 2.45) is 5.41 Å². The molecule has 0 saturated carbocycles. The zero-order chi connectivity index (χ0) is 10.5. The third-order valence-electron chi connectivity index (χ3n) is 1.74. The predicted octanol–water partition coefficient (Wildman–Crippen LogP) is 3.62. The molecule has 1 heteroatoms. The van der Waals surface area contributed by atoms with Gasteiger partial charge in [0.2, 0.25) is 0 Å². The van der Waals surface area contributed by atoms with Gasteiger partial charge in [-0.15, -0.1) is 0 Å². The Morgan fingerprint density at radius 2 is 1.69 bits per heavy atom. The minimum Gasteiger partial charge on any atom is -0.362 e. The molecule has 0 atom stereocenters. The first-order chi connectivity index (χ1) is 6.00. The summed E-state index contributed by atoms with van der Waals surface area (Å²) in [5.41, 5.74) is 2.49. The first-order valence-electron chi connectivity index (χ1n) is 4.84. The van der Waals surface area contributed by atoms with Crippen LogP contribution in [0.4, 0.5) is 0 Å². The lowest BCUT2D eigenvalue weighted by atomic mass is 9.86. The van der Waals surface area contributed by atoms with Gasteiger partial charge < -0.3 is 5.32 Å². The Balaban J connectivity index is 0.000000671. The molecule has 1 heterocycles. The lowest BCUT2D eigenvalue weighted by Crippen LogP contribution is -2.15. The van der Waals surface area contributed by atoms with Gasteiger partial charge in [0.05, 0.1) is 0 Å². The van der Waals surface area contributed by atoms with Crippen LogP contribution in [0.2, 0.25) is 0 Å². The van der Waals surface area contributed by atoms with Gasteiger partial charge in [0.15, 0.2) is 0 Å². The fraction of sp³-hybridized carbons (Fsp3) is 0.500. The summed E-state index contributed by atoms with van der Waals surface area (Å²) in [6.45, 7) is 14.4. The van der Waals surface area contributed by atoms with Crippen LogP contribution < -0.4 is 5.32 Å². The van der Waals surface area contributed by atoms with E-state index in [9.17, 15) is 0 Å². The Hall–Kier alpha value is -0.980. The van der Waals surface area contributed by atoms with Gasteiger partial charge in [-0.1, -0.05) is 47.3 Å². The van der Waals surface area contributed by atoms with E-state index in [-0.39, 0.29) is 5.41 Å². The maximum atomic E-state index is 3.79. The first kappa shape index (κ1) is 12.0. The Bertz CT molecular complexity index is 226. The van der Waals surface area contributed by atoms with Gasteiger partial charge in [-0.3, -0.25) is 0 Å². The van der Waals surface area contributed by atoms with Crippen molar-refractivity contribution in [3.63, 3.8) is 0 Å². The number of hydrogen-bond acceptors (Lipinski definition) is 1. The molecule has 0 fully saturated rings. The average molecular weight is 179 g/mol. The number of nitrogens with one attached hydrogen (secondary N) is 1. The summed E-state index contributed by atoms with van der Waals surface area (Å²) in [7, 11) is 0. The Kier molecular flexibility index (Phi) is 4.53. The van der Waals surface area contributed by atoms with Crippen LogP contribution >= 0.6 is 0 Å². The summed E-state index contributed by atoms with van der Waals surface area (Å²) >= 11 is 0. The largest absolute Gasteiger partial charge is 0.362 e. The molecular formula is C12H21N. The molecule has 0 aromatic heterocycles. The van der Waals surface area contributed by atoms with Gasteiger partial charge in [0.1, 0.15) is 0 Å². The van der Waals surface area contributed by atoms with Crippen LogP contribution in [0.25, 0.3) is 0 Å². The van der Waals surface area contributed by atoms with Gasteiger partial charge in [0.25, 0.3) is 0 Å². The number of hydrogen-bond donors (Lipinski definition) is 1. The standard InChI is InChI=1S/C10H15N.C2H6/c1-8-5-6-9(7-11-8)10(2,3)4;1-2/h5-7,11H,1H2,2-4H3;1-2H3. The Morgan fingerprint density at radius 1 is 1.15 bits per heavy atom. The van der Waals surface area contributed by atoms with Crippen LogP contribution in [-0.4, -0.2) is 0 Å². The maximum absolute atomic E-state index is 3.79. The average Bonchev–Trinajstić information content (AvgIpc) is 2.07. The molecule has 1 aliphatic heterocycles. The minimum atomic E-state index is 0.226. The second-order valence-electron chi connectivity index (χ2n) is 3.85. The van der Waals surface area contributed by atoms with Crippen molar-refractivity contribution in [2.45, 2.75) is 34.6 Å². The second kappa shape index (κ2) is 4.90. The summed E-state index contributed by atoms with van der Waals surface area (Å²) in [4.78, 5) is 0. The van der Waals surface area contributed by atoms with E-state index in [0.29, 0.717) is 0 Å². The topological polar surface area (TPSA) is 12.0 Å². The third kappa shape index (κ3) is 3.97. The second-order valence-corrected chi connectivity index (χ2v) is 3.85. The fourth-order valence-corrected chi connectivity index (χ4v) is 0.924. The molecule has 1 rings (SSSR count). The summed E-state index contributed by atoms with van der Waals surface area (Å²) in [6.07, 6.45) is 6.13. The molecule has 1 N–H and O–H groups in total. The van der Waals surface area contributed by atoms with Gasteiger partial charge in [0, 0.05) is 11.9 Å². The van der Waals surface area contributed by atoms with Crippen LogP contribution in [0, 0.1) is 5.41 Å². The lowest BCUT2D eigenvalue weighted by Gasteiger charge is -2.22. The molecule has 0 aliphatic carbocycles. The predicted molar refractivity (Wildman–Crippen MR) is 60.3 cm³/mol. The first-order valence-corrected chi connectivity index (χ1v) is 4.84. The zero-order valence-electron chi connectivity index (χ0n) is 9.44. The zero-order valence-corrected chi connectivity index (χ0v) is 9.44. The molecule has 0 amide bonds. The number of rotatable bonds is 0. The highest BCUT2D eigenvalue weighted by molar-refractivity contribution is 5.34. The maximum Gasteiger partial charge on any atom is 0.0306 e. The van der Waals surface area contributed by atoms with Gasteiger partial charge in [-0.25, -0.2) is 0 Å². The van der Waals surface area contributed by atoms with Crippen LogP contribution in [0.1, 0.15) is 34.6 Å². The van der Waals surface area contributed by atoms with Gasteiger partial charge >= 0.3 is 0 Å². The lowest BCUT2D eigenvalue weighted by molar-refractivity contribution is 0.512. The molecule has 0 spiro atoms. The van der Waals surface area contributed by atoms with E-state index in [1.165, 1.54) is 5.57 Å². The van der Waals surface area contributed by atoms with Crippen molar-refractivity contribution in [3.8, 4) is 0 Å².